The molecule has 28 heavy (non-hydrogen) atoms. The van der Waals surface area contributed by atoms with E-state index in [1.54, 1.807) is 31.4 Å². The van der Waals surface area contributed by atoms with Gasteiger partial charge in [-0.3, -0.25) is 9.59 Å². The van der Waals surface area contributed by atoms with E-state index in [2.05, 4.69) is 16.0 Å². The van der Waals surface area contributed by atoms with Gasteiger partial charge in [-0.1, -0.05) is 12.1 Å². The molecule has 0 aliphatic heterocycles. The van der Waals surface area contributed by atoms with Crippen LogP contribution in [-0.2, 0) is 19.1 Å². The molecular formula is C18H25N3O7. The van der Waals surface area contributed by atoms with Gasteiger partial charge in [0.15, 0.2) is 0 Å². The molecule has 10 heteroatoms. The number of carboxylic acid groups (broad SMARTS) is 2. The number of carbonyl (C=O) groups is 4. The molecule has 0 atom stereocenters. The van der Waals surface area contributed by atoms with E-state index < -0.39 is 11.9 Å². The number of ether oxygens (including phenoxy) is 1. The Morgan fingerprint density at radius 3 is 2.32 bits per heavy atom. The topological polar surface area (TPSA) is 154 Å². The lowest BCUT2D eigenvalue weighted by molar-refractivity contribution is -0.159. The van der Waals surface area contributed by atoms with Crippen LogP contribution >= 0.6 is 0 Å². The molecule has 0 spiro atoms. The van der Waals surface area contributed by atoms with Crippen molar-refractivity contribution in [2.45, 2.75) is 25.3 Å². The summed E-state index contributed by atoms with van der Waals surface area (Å²) in [5, 5.41) is 23.5. The summed E-state index contributed by atoms with van der Waals surface area (Å²) in [6.07, 6.45) is 2.92. The molecular weight excluding hydrogens is 370 g/mol. The largest absolute Gasteiger partial charge is 0.473 e. The van der Waals surface area contributed by atoms with E-state index in [4.69, 9.17) is 24.5 Å². The zero-order valence-electron chi connectivity index (χ0n) is 15.6. The van der Waals surface area contributed by atoms with Crippen LogP contribution in [0.2, 0.25) is 0 Å². The van der Waals surface area contributed by atoms with Gasteiger partial charge >= 0.3 is 11.9 Å². The highest BCUT2D eigenvalue weighted by Crippen LogP contribution is 2.21. The molecule has 0 saturated heterocycles. The fourth-order valence-electron chi connectivity index (χ4n) is 2.02. The molecule has 1 aliphatic carbocycles. The van der Waals surface area contributed by atoms with Gasteiger partial charge in [0, 0.05) is 19.8 Å². The summed E-state index contributed by atoms with van der Waals surface area (Å²) in [5.74, 6) is -3.94. The Hall–Kier alpha value is -2.98. The van der Waals surface area contributed by atoms with Crippen LogP contribution < -0.4 is 16.0 Å². The predicted octanol–water partition coefficient (Wildman–Crippen LogP) is 0.299. The van der Waals surface area contributed by atoms with Crippen LogP contribution in [0.25, 0.3) is 0 Å². The number of para-hydroxylation sites is 1. The van der Waals surface area contributed by atoms with Gasteiger partial charge in [-0.2, -0.15) is 0 Å². The highest BCUT2D eigenvalue weighted by molar-refractivity contribution is 6.27. The first-order chi connectivity index (χ1) is 13.3. The first-order valence-corrected chi connectivity index (χ1v) is 8.70. The summed E-state index contributed by atoms with van der Waals surface area (Å²) in [7, 11) is 1.65. The Balaban J connectivity index is 0.000000568. The van der Waals surface area contributed by atoms with Crippen molar-refractivity contribution in [2.24, 2.45) is 0 Å². The van der Waals surface area contributed by atoms with Crippen molar-refractivity contribution >= 4 is 29.4 Å². The SMILES string of the molecule is COCCCNCC(=O)Nc1ccccc1C(=O)NC1CC1.O=C(O)C(=O)O. The lowest BCUT2D eigenvalue weighted by Crippen LogP contribution is -2.31. The monoisotopic (exact) mass is 395 g/mol. The van der Waals surface area contributed by atoms with Crippen molar-refractivity contribution in [3.05, 3.63) is 29.8 Å². The zero-order valence-corrected chi connectivity index (χ0v) is 15.6. The number of hydrogen-bond acceptors (Lipinski definition) is 6. The van der Waals surface area contributed by atoms with Crippen molar-refractivity contribution in [3.63, 3.8) is 0 Å². The summed E-state index contributed by atoms with van der Waals surface area (Å²) in [6, 6.07) is 7.35. The molecule has 0 unspecified atom stereocenters. The number of aliphatic carboxylic acids is 2. The molecule has 0 bridgehead atoms. The van der Waals surface area contributed by atoms with E-state index >= 15 is 0 Å². The van der Waals surface area contributed by atoms with Gasteiger partial charge in [-0.05, 0) is 37.9 Å². The summed E-state index contributed by atoms with van der Waals surface area (Å²) in [6.45, 7) is 1.59. The second kappa shape index (κ2) is 12.4. The molecule has 2 rings (SSSR count). The molecule has 1 fully saturated rings. The Morgan fingerprint density at radius 1 is 1.11 bits per heavy atom. The maximum atomic E-state index is 12.1. The number of rotatable bonds is 9. The maximum absolute atomic E-state index is 12.1. The van der Waals surface area contributed by atoms with Gasteiger partial charge < -0.3 is 30.9 Å². The van der Waals surface area contributed by atoms with Crippen LogP contribution in [0.1, 0.15) is 29.6 Å². The number of hydrogen-bond donors (Lipinski definition) is 5. The first kappa shape index (κ1) is 23.1. The Kier molecular flexibility index (Phi) is 10.2. The minimum atomic E-state index is -1.82. The van der Waals surface area contributed by atoms with E-state index in [0.717, 1.165) is 19.3 Å². The average molecular weight is 395 g/mol. The fourth-order valence-corrected chi connectivity index (χ4v) is 2.02. The van der Waals surface area contributed by atoms with Crippen molar-refractivity contribution in [3.8, 4) is 0 Å². The normalized spacial score (nSPS) is 12.3. The number of methoxy groups -OCH3 is 1. The van der Waals surface area contributed by atoms with Gasteiger partial charge in [0.05, 0.1) is 17.8 Å². The van der Waals surface area contributed by atoms with Gasteiger partial charge in [0.25, 0.3) is 5.91 Å². The smallest absolute Gasteiger partial charge is 0.414 e. The molecule has 2 amide bonds. The third-order valence-electron chi connectivity index (χ3n) is 3.53. The van der Waals surface area contributed by atoms with E-state index in [0.29, 0.717) is 30.4 Å². The van der Waals surface area contributed by atoms with E-state index in [1.165, 1.54) is 0 Å². The van der Waals surface area contributed by atoms with Crippen LogP contribution in [0.3, 0.4) is 0 Å². The van der Waals surface area contributed by atoms with Crippen LogP contribution in [0.4, 0.5) is 5.69 Å². The second-order valence-electron chi connectivity index (χ2n) is 5.97. The van der Waals surface area contributed by atoms with Crippen molar-refractivity contribution in [1.82, 2.24) is 10.6 Å². The summed E-state index contributed by atoms with van der Waals surface area (Å²) in [5.41, 5.74) is 1.05. The molecule has 1 aromatic carbocycles. The highest BCUT2D eigenvalue weighted by Gasteiger charge is 2.24. The molecule has 1 saturated carbocycles. The van der Waals surface area contributed by atoms with Crippen LogP contribution in [-0.4, -0.2) is 66.8 Å². The molecule has 5 N–H and O–H groups in total. The highest BCUT2D eigenvalue weighted by atomic mass is 16.5. The summed E-state index contributed by atoms with van der Waals surface area (Å²) < 4.78 is 4.94. The zero-order chi connectivity index (χ0) is 20.9. The predicted molar refractivity (Wildman–Crippen MR) is 100 cm³/mol. The second-order valence-corrected chi connectivity index (χ2v) is 5.97. The van der Waals surface area contributed by atoms with Crippen molar-refractivity contribution < 1.29 is 34.1 Å². The number of nitrogens with one attached hydrogen (secondary N) is 3. The Labute approximate surface area is 162 Å². The quantitative estimate of drug-likeness (QED) is 0.295. The van der Waals surface area contributed by atoms with Crippen molar-refractivity contribution in [1.29, 1.82) is 0 Å². The molecule has 10 nitrogen and oxygen atoms in total. The number of anilines is 1. The van der Waals surface area contributed by atoms with Gasteiger partial charge in [-0.15, -0.1) is 0 Å². The number of carbonyl (C=O) groups excluding carboxylic acids is 2. The van der Waals surface area contributed by atoms with E-state index in [-0.39, 0.29) is 18.4 Å². The van der Waals surface area contributed by atoms with Gasteiger partial charge in [0.1, 0.15) is 0 Å². The lowest BCUT2D eigenvalue weighted by Gasteiger charge is -2.11. The average Bonchev–Trinajstić information content (AvgIpc) is 3.46. The standard InChI is InChI=1S/C16H23N3O3.C2H2O4/c1-22-10-4-9-17-11-15(20)19-14-6-3-2-5-13(14)16(21)18-12-7-8-12;3-1(4)2(5)6/h2-3,5-6,12,17H,4,7-11H2,1H3,(H,18,21)(H,19,20);(H,3,4)(H,5,6). The molecule has 0 aromatic heterocycles. The number of amides is 2. The molecule has 0 heterocycles. The summed E-state index contributed by atoms with van der Waals surface area (Å²) in [4.78, 5) is 42.3. The van der Waals surface area contributed by atoms with Crippen LogP contribution in [0.5, 0.6) is 0 Å². The molecule has 1 aliphatic rings. The first-order valence-electron chi connectivity index (χ1n) is 8.70. The number of carboxylic acids is 2. The number of benzene rings is 1. The van der Waals surface area contributed by atoms with Gasteiger partial charge in [0.2, 0.25) is 5.91 Å². The fraction of sp³-hybridized carbons (Fsp3) is 0.444. The third kappa shape index (κ3) is 9.64. The summed E-state index contributed by atoms with van der Waals surface area (Å²) >= 11 is 0. The van der Waals surface area contributed by atoms with E-state index in [1.807, 2.05) is 0 Å². The van der Waals surface area contributed by atoms with Crippen molar-refractivity contribution in [2.75, 3.05) is 32.1 Å². The Bertz CT molecular complexity index is 678. The third-order valence-corrected chi connectivity index (χ3v) is 3.53. The molecule has 0 radical (unpaired) electrons. The van der Waals surface area contributed by atoms with Crippen LogP contribution in [0, 0.1) is 0 Å². The van der Waals surface area contributed by atoms with E-state index in [9.17, 15) is 9.59 Å². The Morgan fingerprint density at radius 2 is 1.75 bits per heavy atom. The minimum Gasteiger partial charge on any atom is -0.473 e. The minimum absolute atomic E-state index is 0.133. The maximum Gasteiger partial charge on any atom is 0.414 e. The lowest BCUT2D eigenvalue weighted by atomic mass is 10.1. The molecule has 1 aromatic rings. The molecule has 154 valence electrons. The van der Waals surface area contributed by atoms with Gasteiger partial charge in [-0.25, -0.2) is 9.59 Å². The van der Waals surface area contributed by atoms with Crippen LogP contribution in [0.15, 0.2) is 24.3 Å².